The van der Waals surface area contributed by atoms with Crippen molar-refractivity contribution in [3.8, 4) is 0 Å². The Bertz CT molecular complexity index is 230. The molecule has 0 bridgehead atoms. The van der Waals surface area contributed by atoms with Crippen molar-refractivity contribution in [2.45, 2.75) is 12.5 Å². The summed E-state index contributed by atoms with van der Waals surface area (Å²) in [7, 11) is 0. The number of thiophene rings is 1. The van der Waals surface area contributed by atoms with Crippen molar-refractivity contribution in [1.82, 2.24) is 0 Å². The zero-order valence-corrected chi connectivity index (χ0v) is 6.77. The average Bonchev–Trinajstić information content (AvgIpc) is 2.35. The summed E-state index contributed by atoms with van der Waals surface area (Å²) in [5.41, 5.74) is 0. The molecule has 0 aromatic carbocycles. The van der Waals surface area contributed by atoms with E-state index in [2.05, 4.69) is 6.58 Å². The standard InChI is InChI=1S/C8H9FOS/c1-6(9)5-7(10)8-3-2-4-11-8/h2-4,7,10H,1,5H2. The Morgan fingerprint density at radius 1 is 1.82 bits per heavy atom. The maximum Gasteiger partial charge on any atom is 0.0957 e. The van der Waals surface area contributed by atoms with E-state index < -0.39 is 11.9 Å². The molecule has 1 atom stereocenters. The molecule has 0 aliphatic rings. The number of hydrogen-bond donors (Lipinski definition) is 1. The molecule has 0 fully saturated rings. The van der Waals surface area contributed by atoms with Crippen LogP contribution >= 0.6 is 11.3 Å². The van der Waals surface area contributed by atoms with Gasteiger partial charge < -0.3 is 5.11 Å². The summed E-state index contributed by atoms with van der Waals surface area (Å²) in [6, 6.07) is 3.60. The van der Waals surface area contributed by atoms with E-state index in [1.54, 1.807) is 6.07 Å². The van der Waals surface area contributed by atoms with Gasteiger partial charge in [-0.1, -0.05) is 12.6 Å². The Balaban J connectivity index is 2.56. The van der Waals surface area contributed by atoms with Crippen LogP contribution in [0.3, 0.4) is 0 Å². The molecular weight excluding hydrogens is 163 g/mol. The maximum atomic E-state index is 12.2. The summed E-state index contributed by atoms with van der Waals surface area (Å²) in [5, 5.41) is 11.1. The van der Waals surface area contributed by atoms with Crippen LogP contribution in [0.25, 0.3) is 0 Å². The second-order valence-electron chi connectivity index (χ2n) is 2.25. The van der Waals surface area contributed by atoms with Crippen molar-refractivity contribution in [3.05, 3.63) is 34.8 Å². The summed E-state index contributed by atoms with van der Waals surface area (Å²) in [6.07, 6.45) is -0.729. The van der Waals surface area contributed by atoms with Gasteiger partial charge in [-0.05, 0) is 11.4 Å². The lowest BCUT2D eigenvalue weighted by Crippen LogP contribution is -1.93. The van der Waals surface area contributed by atoms with Crippen LogP contribution in [0.1, 0.15) is 17.4 Å². The van der Waals surface area contributed by atoms with Crippen molar-refractivity contribution in [2.24, 2.45) is 0 Å². The monoisotopic (exact) mass is 172 g/mol. The first-order chi connectivity index (χ1) is 5.20. The quantitative estimate of drug-likeness (QED) is 0.743. The number of aliphatic hydroxyl groups excluding tert-OH is 1. The molecule has 1 unspecified atom stereocenters. The lowest BCUT2D eigenvalue weighted by molar-refractivity contribution is 0.174. The van der Waals surface area contributed by atoms with Crippen LogP contribution in [-0.4, -0.2) is 5.11 Å². The minimum Gasteiger partial charge on any atom is -0.387 e. The molecule has 0 spiro atoms. The van der Waals surface area contributed by atoms with Gasteiger partial charge in [0.15, 0.2) is 0 Å². The van der Waals surface area contributed by atoms with Crippen LogP contribution < -0.4 is 0 Å². The van der Waals surface area contributed by atoms with Crippen LogP contribution in [-0.2, 0) is 0 Å². The smallest absolute Gasteiger partial charge is 0.0957 e. The van der Waals surface area contributed by atoms with Crippen molar-refractivity contribution in [1.29, 1.82) is 0 Å². The maximum absolute atomic E-state index is 12.2. The summed E-state index contributed by atoms with van der Waals surface area (Å²) >= 11 is 1.42. The van der Waals surface area contributed by atoms with Gasteiger partial charge in [0, 0.05) is 11.3 Å². The van der Waals surface area contributed by atoms with Gasteiger partial charge in [0.1, 0.15) is 0 Å². The van der Waals surface area contributed by atoms with E-state index in [4.69, 9.17) is 0 Å². The fraction of sp³-hybridized carbons (Fsp3) is 0.250. The van der Waals surface area contributed by atoms with E-state index >= 15 is 0 Å². The van der Waals surface area contributed by atoms with Gasteiger partial charge in [0.2, 0.25) is 0 Å². The van der Waals surface area contributed by atoms with Gasteiger partial charge in [-0.15, -0.1) is 11.3 Å². The van der Waals surface area contributed by atoms with Gasteiger partial charge in [0.05, 0.1) is 11.9 Å². The molecule has 3 heteroatoms. The van der Waals surface area contributed by atoms with Gasteiger partial charge >= 0.3 is 0 Å². The fourth-order valence-corrected chi connectivity index (χ4v) is 1.50. The first-order valence-corrected chi connectivity index (χ1v) is 4.13. The Labute approximate surface area is 68.8 Å². The topological polar surface area (TPSA) is 20.2 Å². The summed E-state index contributed by atoms with van der Waals surface area (Å²) in [4.78, 5) is 0.781. The first-order valence-electron chi connectivity index (χ1n) is 3.25. The molecule has 1 aromatic heterocycles. The van der Waals surface area contributed by atoms with Crippen LogP contribution in [0.4, 0.5) is 4.39 Å². The molecule has 1 nitrogen and oxygen atoms in total. The molecule has 1 rings (SSSR count). The largest absolute Gasteiger partial charge is 0.387 e. The van der Waals surface area contributed by atoms with Crippen molar-refractivity contribution < 1.29 is 9.50 Å². The van der Waals surface area contributed by atoms with E-state index in [1.165, 1.54) is 11.3 Å². The number of rotatable bonds is 3. The lowest BCUT2D eigenvalue weighted by Gasteiger charge is -2.04. The van der Waals surface area contributed by atoms with Crippen molar-refractivity contribution in [3.63, 3.8) is 0 Å². The van der Waals surface area contributed by atoms with Crippen molar-refractivity contribution >= 4 is 11.3 Å². The third-order valence-corrected chi connectivity index (χ3v) is 2.26. The van der Waals surface area contributed by atoms with E-state index in [0.717, 1.165) is 4.88 Å². The third kappa shape index (κ3) is 2.44. The fourth-order valence-electron chi connectivity index (χ4n) is 0.791. The Morgan fingerprint density at radius 3 is 3.00 bits per heavy atom. The molecule has 1 heterocycles. The van der Waals surface area contributed by atoms with Gasteiger partial charge in [-0.25, -0.2) is 4.39 Å². The highest BCUT2D eigenvalue weighted by Gasteiger charge is 2.09. The van der Waals surface area contributed by atoms with Crippen molar-refractivity contribution in [2.75, 3.05) is 0 Å². The molecular formula is C8H9FOS. The SMILES string of the molecule is C=C(F)CC(O)c1cccs1. The van der Waals surface area contributed by atoms with E-state index in [9.17, 15) is 9.50 Å². The van der Waals surface area contributed by atoms with Crippen LogP contribution in [0.15, 0.2) is 29.9 Å². The summed E-state index contributed by atoms with van der Waals surface area (Å²) in [6.45, 7) is 3.08. The first kappa shape index (κ1) is 8.43. The molecule has 0 aliphatic heterocycles. The van der Waals surface area contributed by atoms with Crippen LogP contribution in [0.2, 0.25) is 0 Å². The van der Waals surface area contributed by atoms with Gasteiger partial charge in [-0.2, -0.15) is 0 Å². The van der Waals surface area contributed by atoms with Crippen LogP contribution in [0, 0.1) is 0 Å². The zero-order chi connectivity index (χ0) is 8.27. The molecule has 0 amide bonds. The Hall–Kier alpha value is -0.670. The lowest BCUT2D eigenvalue weighted by atomic mass is 10.2. The van der Waals surface area contributed by atoms with Gasteiger partial charge in [-0.3, -0.25) is 0 Å². The molecule has 0 radical (unpaired) electrons. The zero-order valence-electron chi connectivity index (χ0n) is 5.96. The predicted octanol–water partition coefficient (Wildman–Crippen LogP) is 2.65. The highest BCUT2D eigenvalue weighted by Crippen LogP contribution is 2.24. The number of hydrogen-bond acceptors (Lipinski definition) is 2. The highest BCUT2D eigenvalue weighted by atomic mass is 32.1. The minimum absolute atomic E-state index is 0.000509. The normalized spacial score (nSPS) is 12.9. The molecule has 60 valence electrons. The second kappa shape index (κ2) is 3.64. The minimum atomic E-state index is -0.729. The van der Waals surface area contributed by atoms with Gasteiger partial charge in [0.25, 0.3) is 0 Å². The summed E-state index contributed by atoms with van der Waals surface area (Å²) < 4.78 is 12.2. The average molecular weight is 172 g/mol. The van der Waals surface area contributed by atoms with E-state index in [-0.39, 0.29) is 6.42 Å². The molecule has 0 saturated heterocycles. The predicted molar refractivity (Wildman–Crippen MR) is 44.1 cm³/mol. The van der Waals surface area contributed by atoms with E-state index in [0.29, 0.717) is 0 Å². The molecule has 0 aliphatic carbocycles. The molecule has 0 saturated carbocycles. The number of aliphatic hydroxyl groups is 1. The highest BCUT2D eigenvalue weighted by molar-refractivity contribution is 7.10. The molecule has 1 aromatic rings. The Kier molecular flexibility index (Phi) is 2.79. The summed E-state index contributed by atoms with van der Waals surface area (Å²) in [5.74, 6) is -0.481. The molecule has 1 N–H and O–H groups in total. The number of halogens is 1. The van der Waals surface area contributed by atoms with Crippen LogP contribution in [0.5, 0.6) is 0 Å². The Morgan fingerprint density at radius 2 is 2.55 bits per heavy atom. The second-order valence-corrected chi connectivity index (χ2v) is 3.23. The van der Waals surface area contributed by atoms with E-state index in [1.807, 2.05) is 11.4 Å². The third-order valence-electron chi connectivity index (χ3n) is 1.29. The molecule has 11 heavy (non-hydrogen) atoms.